The lowest BCUT2D eigenvalue weighted by molar-refractivity contribution is -0.112. The van der Waals surface area contributed by atoms with Gasteiger partial charge in [0.15, 0.2) is 11.5 Å². The zero-order chi connectivity index (χ0) is 23.5. The van der Waals surface area contributed by atoms with Gasteiger partial charge in [0, 0.05) is 5.69 Å². The molecule has 2 rings (SSSR count). The Hall–Kier alpha value is -2.97. The highest BCUT2D eigenvalue weighted by Gasteiger charge is 2.15. The molecule has 1 amide bonds. The fourth-order valence-electron chi connectivity index (χ4n) is 3.24. The summed E-state index contributed by atoms with van der Waals surface area (Å²) in [7, 11) is 0. The van der Waals surface area contributed by atoms with Gasteiger partial charge in [-0.15, -0.1) is 0 Å². The van der Waals surface area contributed by atoms with Crippen molar-refractivity contribution in [2.75, 3.05) is 18.5 Å². The molecule has 5 nitrogen and oxygen atoms in total. The van der Waals surface area contributed by atoms with Crippen LogP contribution in [-0.2, 0) is 4.79 Å². The van der Waals surface area contributed by atoms with E-state index in [1.165, 1.54) is 12.5 Å². The van der Waals surface area contributed by atoms with Crippen molar-refractivity contribution >= 4 is 29.3 Å². The number of aryl methyl sites for hydroxylation is 2. The van der Waals surface area contributed by atoms with Gasteiger partial charge < -0.3 is 14.8 Å². The summed E-state index contributed by atoms with van der Waals surface area (Å²) in [5.74, 6) is 0.499. The number of unbranched alkanes of at least 4 members (excludes halogenated alkanes) is 3. The number of benzene rings is 2. The molecule has 0 saturated heterocycles. The standard InChI is InChI=1S/C26H31ClN2O3/c1-5-7-8-9-12-32-25-22(27)15-20(16-24(25)31-6-2)14-21(17-28)26(30)29-23-11-10-18(3)13-19(23)4/h10-11,13-16H,5-9,12H2,1-4H3,(H,29,30)/b21-14+. The molecule has 2 aromatic rings. The summed E-state index contributed by atoms with van der Waals surface area (Å²) in [6.07, 6.45) is 5.86. The minimum Gasteiger partial charge on any atom is -0.490 e. The zero-order valence-corrected chi connectivity index (χ0v) is 20.0. The highest BCUT2D eigenvalue weighted by molar-refractivity contribution is 6.32. The molecule has 0 aliphatic carbocycles. The van der Waals surface area contributed by atoms with E-state index in [0.717, 1.165) is 30.4 Å². The third-order valence-electron chi connectivity index (χ3n) is 4.88. The first kappa shape index (κ1) is 25.3. The lowest BCUT2D eigenvalue weighted by Crippen LogP contribution is -2.14. The van der Waals surface area contributed by atoms with Gasteiger partial charge in [-0.2, -0.15) is 5.26 Å². The van der Waals surface area contributed by atoms with Crippen LogP contribution in [0.1, 0.15) is 56.2 Å². The Balaban J connectivity index is 2.23. The van der Waals surface area contributed by atoms with Crippen LogP contribution in [-0.4, -0.2) is 19.1 Å². The third kappa shape index (κ3) is 7.32. The van der Waals surface area contributed by atoms with E-state index in [0.29, 0.717) is 41.0 Å². The number of ether oxygens (including phenoxy) is 2. The van der Waals surface area contributed by atoms with Crippen molar-refractivity contribution in [3.63, 3.8) is 0 Å². The molecule has 0 atom stereocenters. The van der Waals surface area contributed by atoms with E-state index in [4.69, 9.17) is 21.1 Å². The van der Waals surface area contributed by atoms with Gasteiger partial charge in [-0.1, -0.05) is 55.5 Å². The number of hydrogen-bond donors (Lipinski definition) is 1. The van der Waals surface area contributed by atoms with Gasteiger partial charge in [-0.25, -0.2) is 0 Å². The molecular formula is C26H31ClN2O3. The second-order valence-corrected chi connectivity index (χ2v) is 8.02. The molecule has 6 heteroatoms. The number of nitrogens with zero attached hydrogens (tertiary/aromatic N) is 1. The van der Waals surface area contributed by atoms with E-state index in [2.05, 4.69) is 12.2 Å². The molecule has 0 heterocycles. The first-order valence-electron chi connectivity index (χ1n) is 11.0. The number of carbonyl (C=O) groups is 1. The summed E-state index contributed by atoms with van der Waals surface area (Å²) in [5.41, 5.74) is 3.25. The molecule has 0 aliphatic heterocycles. The van der Waals surface area contributed by atoms with Crippen molar-refractivity contribution in [1.82, 2.24) is 0 Å². The van der Waals surface area contributed by atoms with E-state index in [-0.39, 0.29) is 5.57 Å². The number of carbonyl (C=O) groups excluding carboxylic acids is 1. The predicted molar refractivity (Wildman–Crippen MR) is 130 cm³/mol. The molecule has 0 aliphatic rings. The molecule has 32 heavy (non-hydrogen) atoms. The molecule has 170 valence electrons. The number of amides is 1. The average Bonchev–Trinajstić information content (AvgIpc) is 2.75. The van der Waals surface area contributed by atoms with Crippen LogP contribution in [0.25, 0.3) is 6.08 Å². The Morgan fingerprint density at radius 2 is 1.91 bits per heavy atom. The molecular weight excluding hydrogens is 424 g/mol. The normalized spacial score (nSPS) is 11.1. The van der Waals surface area contributed by atoms with Crippen molar-refractivity contribution < 1.29 is 14.3 Å². The molecule has 1 N–H and O–H groups in total. The predicted octanol–water partition coefficient (Wildman–Crippen LogP) is 6.86. The van der Waals surface area contributed by atoms with Crippen LogP contribution in [0.5, 0.6) is 11.5 Å². The maximum absolute atomic E-state index is 12.7. The zero-order valence-electron chi connectivity index (χ0n) is 19.3. The lowest BCUT2D eigenvalue weighted by Gasteiger charge is -2.15. The van der Waals surface area contributed by atoms with Crippen LogP contribution in [0.3, 0.4) is 0 Å². The summed E-state index contributed by atoms with van der Waals surface area (Å²) in [6.45, 7) is 8.92. The summed E-state index contributed by atoms with van der Waals surface area (Å²) in [5, 5.41) is 12.7. The molecule has 0 saturated carbocycles. The van der Waals surface area contributed by atoms with Crippen LogP contribution >= 0.6 is 11.6 Å². The topological polar surface area (TPSA) is 71.3 Å². The molecule has 0 aromatic heterocycles. The van der Waals surface area contributed by atoms with E-state index in [1.54, 1.807) is 12.1 Å². The summed E-state index contributed by atoms with van der Waals surface area (Å²) in [4.78, 5) is 12.7. The van der Waals surface area contributed by atoms with Crippen molar-refractivity contribution in [1.29, 1.82) is 5.26 Å². The van der Waals surface area contributed by atoms with E-state index >= 15 is 0 Å². The van der Waals surface area contributed by atoms with Crippen LogP contribution in [0.2, 0.25) is 5.02 Å². The lowest BCUT2D eigenvalue weighted by atomic mass is 10.1. The van der Waals surface area contributed by atoms with Gasteiger partial charge in [0.2, 0.25) is 0 Å². The molecule has 0 unspecified atom stereocenters. The molecule has 0 fully saturated rings. The molecule has 0 bridgehead atoms. The van der Waals surface area contributed by atoms with Gasteiger partial charge in [-0.3, -0.25) is 4.79 Å². The van der Waals surface area contributed by atoms with Crippen LogP contribution < -0.4 is 14.8 Å². The van der Waals surface area contributed by atoms with Crippen molar-refractivity contribution in [2.24, 2.45) is 0 Å². The van der Waals surface area contributed by atoms with Crippen LogP contribution in [0, 0.1) is 25.2 Å². The van der Waals surface area contributed by atoms with Crippen LogP contribution in [0.15, 0.2) is 35.9 Å². The van der Waals surface area contributed by atoms with Crippen molar-refractivity contribution in [3.8, 4) is 17.6 Å². The Labute approximate surface area is 196 Å². The fraction of sp³-hybridized carbons (Fsp3) is 0.385. The second-order valence-electron chi connectivity index (χ2n) is 7.61. The van der Waals surface area contributed by atoms with E-state index in [9.17, 15) is 10.1 Å². The number of nitriles is 1. The maximum atomic E-state index is 12.7. The van der Waals surface area contributed by atoms with Gasteiger partial charge >= 0.3 is 0 Å². The average molecular weight is 455 g/mol. The number of anilines is 1. The molecule has 0 spiro atoms. The van der Waals surface area contributed by atoms with Crippen LogP contribution in [0.4, 0.5) is 5.69 Å². The SMILES string of the molecule is CCCCCCOc1c(Cl)cc(/C=C(\C#N)C(=O)Nc2ccc(C)cc2C)cc1OCC. The summed E-state index contributed by atoms with van der Waals surface area (Å²) < 4.78 is 11.6. The minimum absolute atomic E-state index is 0.0308. The first-order chi connectivity index (χ1) is 15.4. The molecule has 2 aromatic carbocycles. The number of halogens is 1. The van der Waals surface area contributed by atoms with Crippen molar-refractivity contribution in [2.45, 2.75) is 53.4 Å². The van der Waals surface area contributed by atoms with Gasteiger partial charge in [-0.05, 0) is 62.6 Å². The Bertz CT molecular complexity index is 1010. The Kier molecular flexibility index (Phi) is 10.1. The fourth-order valence-corrected chi connectivity index (χ4v) is 3.51. The smallest absolute Gasteiger partial charge is 0.266 e. The monoisotopic (exact) mass is 454 g/mol. The summed E-state index contributed by atoms with van der Waals surface area (Å²) in [6, 6.07) is 11.1. The first-order valence-corrected chi connectivity index (χ1v) is 11.4. The largest absolute Gasteiger partial charge is 0.490 e. The quantitative estimate of drug-likeness (QED) is 0.228. The highest BCUT2D eigenvalue weighted by atomic mass is 35.5. The minimum atomic E-state index is -0.482. The Morgan fingerprint density at radius 1 is 1.12 bits per heavy atom. The summed E-state index contributed by atoms with van der Waals surface area (Å²) >= 11 is 6.46. The van der Waals surface area contributed by atoms with E-state index < -0.39 is 5.91 Å². The number of nitrogens with one attached hydrogen (secondary N) is 1. The van der Waals surface area contributed by atoms with Gasteiger partial charge in [0.1, 0.15) is 11.6 Å². The second kappa shape index (κ2) is 12.8. The number of rotatable bonds is 11. The maximum Gasteiger partial charge on any atom is 0.266 e. The third-order valence-corrected chi connectivity index (χ3v) is 5.16. The number of hydrogen-bond acceptors (Lipinski definition) is 4. The molecule has 0 radical (unpaired) electrons. The van der Waals surface area contributed by atoms with E-state index in [1.807, 2.05) is 45.0 Å². The Morgan fingerprint density at radius 3 is 2.56 bits per heavy atom. The van der Waals surface area contributed by atoms with Gasteiger partial charge in [0.25, 0.3) is 5.91 Å². The highest BCUT2D eigenvalue weighted by Crippen LogP contribution is 2.37. The van der Waals surface area contributed by atoms with Gasteiger partial charge in [0.05, 0.1) is 18.2 Å². The van der Waals surface area contributed by atoms with Crippen molar-refractivity contribution in [3.05, 3.63) is 57.6 Å².